The largest absolute Gasteiger partial charge is 0.480 e. The second kappa shape index (κ2) is 6.92. The number of hydrogen-bond donors (Lipinski definition) is 1. The van der Waals surface area contributed by atoms with Gasteiger partial charge in [0.25, 0.3) is 0 Å². The monoisotopic (exact) mass is 268 g/mol. The Balaban J connectivity index is 2.58. The Morgan fingerprint density at radius 1 is 1.37 bits per heavy atom. The van der Waals surface area contributed by atoms with E-state index in [9.17, 15) is 14.4 Å². The molecule has 0 radical (unpaired) electrons. The van der Waals surface area contributed by atoms with Gasteiger partial charge in [-0.2, -0.15) is 0 Å². The van der Waals surface area contributed by atoms with Gasteiger partial charge < -0.3 is 14.9 Å². The maximum Gasteiger partial charge on any atom is 0.323 e. The van der Waals surface area contributed by atoms with Gasteiger partial charge in [0, 0.05) is 32.5 Å². The molecule has 0 unspecified atom stereocenters. The molecule has 1 N–H and O–H groups in total. The molecular weight excluding hydrogens is 248 g/mol. The molecule has 6 nitrogen and oxygen atoms in total. The maximum absolute atomic E-state index is 12.2. The fourth-order valence-corrected chi connectivity index (χ4v) is 2.25. The average Bonchev–Trinajstić information content (AvgIpc) is 2.37. The van der Waals surface area contributed by atoms with E-state index in [1.54, 1.807) is 4.90 Å². The molecule has 0 aliphatic carbocycles. The molecule has 1 aliphatic heterocycles. The number of nitrogens with zero attached hydrogens (tertiary/aromatic N) is 2. The molecule has 1 saturated heterocycles. The smallest absolute Gasteiger partial charge is 0.323 e. The summed E-state index contributed by atoms with van der Waals surface area (Å²) >= 11 is 0. The van der Waals surface area contributed by atoms with Crippen LogP contribution in [0, 0.1) is 5.92 Å². The van der Waals surface area contributed by atoms with Gasteiger partial charge in [-0.3, -0.25) is 14.4 Å². The van der Waals surface area contributed by atoms with Crippen LogP contribution in [-0.4, -0.2) is 58.9 Å². The van der Waals surface area contributed by atoms with Crippen molar-refractivity contribution < 1.29 is 19.5 Å². The summed E-state index contributed by atoms with van der Waals surface area (Å²) in [6.45, 7) is 6.08. The third kappa shape index (κ3) is 4.39. The Morgan fingerprint density at radius 2 is 1.95 bits per heavy atom. The number of carboxylic acids is 1. The Kier molecular flexibility index (Phi) is 5.54. The van der Waals surface area contributed by atoms with Crippen LogP contribution in [0.1, 0.15) is 19.8 Å². The van der Waals surface area contributed by atoms with E-state index in [2.05, 4.69) is 6.58 Å². The van der Waals surface area contributed by atoms with Crippen molar-refractivity contribution in [2.45, 2.75) is 19.8 Å². The predicted molar refractivity (Wildman–Crippen MR) is 69.4 cm³/mol. The molecule has 1 aliphatic rings. The van der Waals surface area contributed by atoms with Crippen molar-refractivity contribution in [3.8, 4) is 0 Å². The average molecular weight is 268 g/mol. The highest BCUT2D eigenvalue weighted by Crippen LogP contribution is 2.19. The van der Waals surface area contributed by atoms with Crippen molar-refractivity contribution in [3.05, 3.63) is 12.7 Å². The molecule has 106 valence electrons. The summed E-state index contributed by atoms with van der Waals surface area (Å²) in [5.74, 6) is -1.38. The minimum atomic E-state index is -1.03. The van der Waals surface area contributed by atoms with E-state index in [1.807, 2.05) is 0 Å². The van der Waals surface area contributed by atoms with Crippen LogP contribution in [0.3, 0.4) is 0 Å². The van der Waals surface area contributed by atoms with Crippen LogP contribution in [0.25, 0.3) is 0 Å². The van der Waals surface area contributed by atoms with Gasteiger partial charge in [0.1, 0.15) is 6.54 Å². The maximum atomic E-state index is 12.2. The third-order valence-corrected chi connectivity index (χ3v) is 3.28. The molecule has 1 fully saturated rings. The first-order valence-corrected chi connectivity index (χ1v) is 6.32. The van der Waals surface area contributed by atoms with Crippen LogP contribution in [0.15, 0.2) is 12.7 Å². The summed E-state index contributed by atoms with van der Waals surface area (Å²) in [6.07, 6.45) is 2.70. The van der Waals surface area contributed by atoms with Crippen LogP contribution in [0.4, 0.5) is 0 Å². The molecular formula is C13H20N2O4. The third-order valence-electron chi connectivity index (χ3n) is 3.28. The minimum Gasteiger partial charge on any atom is -0.480 e. The van der Waals surface area contributed by atoms with E-state index in [4.69, 9.17) is 5.11 Å². The van der Waals surface area contributed by atoms with Crippen LogP contribution in [0.5, 0.6) is 0 Å². The lowest BCUT2D eigenvalue weighted by Crippen LogP contribution is -2.45. The van der Waals surface area contributed by atoms with Crippen molar-refractivity contribution in [1.82, 2.24) is 9.80 Å². The van der Waals surface area contributed by atoms with Crippen LogP contribution < -0.4 is 0 Å². The molecule has 0 aromatic carbocycles. The van der Waals surface area contributed by atoms with Crippen molar-refractivity contribution in [3.63, 3.8) is 0 Å². The van der Waals surface area contributed by atoms with Crippen LogP contribution in [-0.2, 0) is 14.4 Å². The van der Waals surface area contributed by atoms with Gasteiger partial charge in [0.15, 0.2) is 0 Å². The fourth-order valence-electron chi connectivity index (χ4n) is 2.25. The topological polar surface area (TPSA) is 77.9 Å². The van der Waals surface area contributed by atoms with Gasteiger partial charge in [-0.25, -0.2) is 0 Å². The van der Waals surface area contributed by atoms with E-state index in [0.29, 0.717) is 25.9 Å². The SMILES string of the molecule is C=CCN(CC(=O)O)C(=O)C1CCN(C(C)=O)CC1. The van der Waals surface area contributed by atoms with Gasteiger partial charge in [-0.05, 0) is 12.8 Å². The number of hydrogen-bond acceptors (Lipinski definition) is 3. The highest BCUT2D eigenvalue weighted by atomic mass is 16.4. The molecule has 0 atom stereocenters. The summed E-state index contributed by atoms with van der Waals surface area (Å²) in [4.78, 5) is 37.1. The molecule has 1 heterocycles. The second-order valence-electron chi connectivity index (χ2n) is 4.68. The van der Waals surface area contributed by atoms with Crippen molar-refractivity contribution in [1.29, 1.82) is 0 Å². The highest BCUT2D eigenvalue weighted by molar-refractivity contribution is 5.83. The normalized spacial score (nSPS) is 15.9. The zero-order chi connectivity index (χ0) is 14.4. The summed E-state index contributed by atoms with van der Waals surface area (Å²) in [6, 6.07) is 0. The molecule has 0 aromatic rings. The minimum absolute atomic E-state index is 0.0133. The van der Waals surface area contributed by atoms with Crippen LogP contribution in [0.2, 0.25) is 0 Å². The standard InChI is InChI=1S/C13H20N2O4/c1-3-6-15(9-12(17)18)13(19)11-4-7-14(8-5-11)10(2)16/h3,11H,1,4-9H2,2H3,(H,17,18). The van der Waals surface area contributed by atoms with Crippen LogP contribution >= 0.6 is 0 Å². The molecule has 0 spiro atoms. The predicted octanol–water partition coefficient (Wildman–Crippen LogP) is 0.344. The first kappa shape index (κ1) is 15.2. The Bertz CT molecular complexity index is 373. The Hall–Kier alpha value is -1.85. The number of aliphatic carboxylic acids is 1. The first-order valence-electron chi connectivity index (χ1n) is 6.32. The van der Waals surface area contributed by atoms with E-state index in [1.165, 1.54) is 17.9 Å². The quantitative estimate of drug-likeness (QED) is 0.730. The molecule has 0 bridgehead atoms. The number of rotatable bonds is 5. The highest BCUT2D eigenvalue weighted by Gasteiger charge is 2.29. The summed E-state index contributed by atoms with van der Waals surface area (Å²) in [5, 5.41) is 8.79. The summed E-state index contributed by atoms with van der Waals surface area (Å²) in [7, 11) is 0. The first-order chi connectivity index (χ1) is 8.95. The van der Waals surface area contributed by atoms with Gasteiger partial charge in [0.2, 0.25) is 11.8 Å². The lowest BCUT2D eigenvalue weighted by molar-refractivity contribution is -0.147. The number of carbonyl (C=O) groups excluding carboxylic acids is 2. The molecule has 6 heteroatoms. The zero-order valence-electron chi connectivity index (χ0n) is 11.2. The lowest BCUT2D eigenvalue weighted by Gasteiger charge is -2.33. The molecule has 0 aromatic heterocycles. The number of piperidine rings is 1. The van der Waals surface area contributed by atoms with E-state index in [-0.39, 0.29) is 30.8 Å². The zero-order valence-corrected chi connectivity index (χ0v) is 11.2. The van der Waals surface area contributed by atoms with Gasteiger partial charge in [-0.1, -0.05) is 6.08 Å². The molecule has 2 amide bonds. The summed E-state index contributed by atoms with van der Waals surface area (Å²) in [5.41, 5.74) is 0. The van der Waals surface area contributed by atoms with Crippen molar-refractivity contribution >= 4 is 17.8 Å². The molecule has 0 saturated carbocycles. The summed E-state index contributed by atoms with van der Waals surface area (Å²) < 4.78 is 0. The van der Waals surface area contributed by atoms with Gasteiger partial charge in [0.05, 0.1) is 0 Å². The second-order valence-corrected chi connectivity index (χ2v) is 4.68. The van der Waals surface area contributed by atoms with Gasteiger partial charge >= 0.3 is 5.97 Å². The van der Waals surface area contributed by atoms with E-state index >= 15 is 0 Å². The Morgan fingerprint density at radius 3 is 2.37 bits per heavy atom. The lowest BCUT2D eigenvalue weighted by atomic mass is 9.95. The van der Waals surface area contributed by atoms with E-state index in [0.717, 1.165) is 0 Å². The Labute approximate surface area is 112 Å². The molecule has 1 rings (SSSR count). The van der Waals surface area contributed by atoms with E-state index < -0.39 is 5.97 Å². The van der Waals surface area contributed by atoms with Crippen molar-refractivity contribution in [2.24, 2.45) is 5.92 Å². The molecule has 19 heavy (non-hydrogen) atoms. The number of carboxylic acid groups (broad SMARTS) is 1. The number of likely N-dealkylation sites (tertiary alicyclic amines) is 1. The van der Waals surface area contributed by atoms with Gasteiger partial charge in [-0.15, -0.1) is 6.58 Å². The number of carbonyl (C=O) groups is 3. The fraction of sp³-hybridized carbons (Fsp3) is 0.615. The number of amides is 2. The van der Waals surface area contributed by atoms with Crippen molar-refractivity contribution in [2.75, 3.05) is 26.2 Å².